The van der Waals surface area contributed by atoms with Crippen molar-refractivity contribution in [3.05, 3.63) is 35.1 Å². The Morgan fingerprint density at radius 2 is 2.37 bits per heavy atom. The van der Waals surface area contributed by atoms with Crippen LogP contribution in [0.1, 0.15) is 18.1 Å². The summed E-state index contributed by atoms with van der Waals surface area (Å²) < 4.78 is 13.4. The van der Waals surface area contributed by atoms with E-state index >= 15 is 0 Å². The summed E-state index contributed by atoms with van der Waals surface area (Å²) >= 11 is 4.97. The topological polar surface area (TPSA) is 58.4 Å². The second-order valence-electron chi connectivity index (χ2n) is 4.60. The van der Waals surface area contributed by atoms with E-state index < -0.39 is 0 Å². The van der Waals surface area contributed by atoms with E-state index in [1.807, 2.05) is 11.8 Å². The molecule has 0 saturated carbocycles. The highest BCUT2D eigenvalue weighted by molar-refractivity contribution is 7.80. The maximum absolute atomic E-state index is 13.4. The summed E-state index contributed by atoms with van der Waals surface area (Å²) in [5.74, 6) is -0.344. The smallest absolute Gasteiger partial charge is 0.237 e. The van der Waals surface area contributed by atoms with E-state index in [0.29, 0.717) is 24.2 Å². The highest BCUT2D eigenvalue weighted by Gasteiger charge is 2.26. The molecular formula is C13H16FN3OS. The molecule has 1 aromatic carbocycles. The molecule has 1 aromatic rings. The zero-order chi connectivity index (χ0) is 14.0. The minimum Gasteiger partial charge on any atom is -0.389 e. The van der Waals surface area contributed by atoms with Crippen molar-refractivity contribution in [3.63, 3.8) is 0 Å². The van der Waals surface area contributed by atoms with E-state index in [9.17, 15) is 9.18 Å². The van der Waals surface area contributed by atoms with Crippen molar-refractivity contribution in [1.29, 1.82) is 0 Å². The Kier molecular flexibility index (Phi) is 4.11. The van der Waals surface area contributed by atoms with Crippen molar-refractivity contribution >= 4 is 23.1 Å². The molecule has 1 aliphatic rings. The van der Waals surface area contributed by atoms with Crippen molar-refractivity contribution in [1.82, 2.24) is 10.2 Å². The van der Waals surface area contributed by atoms with Crippen LogP contribution in [0.3, 0.4) is 0 Å². The minimum atomic E-state index is -0.330. The number of amides is 1. The summed E-state index contributed by atoms with van der Waals surface area (Å²) in [6.07, 6.45) is 0. The Morgan fingerprint density at radius 1 is 1.63 bits per heavy atom. The Morgan fingerprint density at radius 3 is 3.05 bits per heavy atom. The van der Waals surface area contributed by atoms with Crippen molar-refractivity contribution in [2.24, 2.45) is 5.73 Å². The van der Waals surface area contributed by atoms with Gasteiger partial charge in [0.2, 0.25) is 5.91 Å². The van der Waals surface area contributed by atoms with Crippen LogP contribution in [0.15, 0.2) is 18.2 Å². The van der Waals surface area contributed by atoms with Crippen LogP contribution < -0.4 is 11.1 Å². The number of piperazine rings is 1. The summed E-state index contributed by atoms with van der Waals surface area (Å²) in [6.45, 7) is 3.61. The van der Waals surface area contributed by atoms with E-state index in [1.165, 1.54) is 12.1 Å². The molecule has 0 bridgehead atoms. The zero-order valence-corrected chi connectivity index (χ0v) is 11.5. The molecule has 102 valence electrons. The summed E-state index contributed by atoms with van der Waals surface area (Å²) in [6, 6.07) is 4.11. The van der Waals surface area contributed by atoms with Crippen LogP contribution in [0, 0.1) is 5.82 Å². The van der Waals surface area contributed by atoms with Crippen LogP contribution in [-0.2, 0) is 11.3 Å². The monoisotopic (exact) mass is 281 g/mol. The summed E-state index contributed by atoms with van der Waals surface area (Å²) in [5.41, 5.74) is 7.02. The Bertz CT molecular complexity index is 521. The van der Waals surface area contributed by atoms with Gasteiger partial charge in [0.15, 0.2) is 0 Å². The quantitative estimate of drug-likeness (QED) is 0.804. The van der Waals surface area contributed by atoms with Gasteiger partial charge in [-0.1, -0.05) is 12.2 Å². The number of nitrogens with two attached hydrogens (primary N) is 1. The average Bonchev–Trinajstić information content (AvgIpc) is 2.35. The summed E-state index contributed by atoms with van der Waals surface area (Å²) in [7, 11) is 0. The van der Waals surface area contributed by atoms with Crippen molar-refractivity contribution in [2.75, 3.05) is 13.1 Å². The largest absolute Gasteiger partial charge is 0.389 e. The number of hydrogen-bond acceptors (Lipinski definition) is 3. The normalized spacial score (nSPS) is 20.1. The highest BCUT2D eigenvalue weighted by Crippen LogP contribution is 2.16. The number of rotatable bonds is 3. The number of carbonyl (C=O) groups excluding carboxylic acids is 1. The third kappa shape index (κ3) is 3.08. The van der Waals surface area contributed by atoms with Gasteiger partial charge in [-0.05, 0) is 30.7 Å². The second kappa shape index (κ2) is 5.63. The Labute approximate surface area is 116 Å². The highest BCUT2D eigenvalue weighted by atomic mass is 32.1. The molecule has 1 aliphatic heterocycles. The van der Waals surface area contributed by atoms with E-state index in [2.05, 4.69) is 5.32 Å². The number of carbonyl (C=O) groups is 1. The van der Waals surface area contributed by atoms with Crippen LogP contribution in [0.25, 0.3) is 0 Å². The fourth-order valence-electron chi connectivity index (χ4n) is 2.20. The lowest BCUT2D eigenvalue weighted by molar-refractivity contribution is -0.128. The first-order valence-electron chi connectivity index (χ1n) is 6.09. The Hall–Kier alpha value is -1.53. The van der Waals surface area contributed by atoms with Gasteiger partial charge in [-0.2, -0.15) is 0 Å². The molecule has 19 heavy (non-hydrogen) atoms. The molecule has 6 heteroatoms. The van der Waals surface area contributed by atoms with E-state index in [0.717, 1.165) is 6.54 Å². The average molecular weight is 281 g/mol. The van der Waals surface area contributed by atoms with Gasteiger partial charge in [-0.15, -0.1) is 0 Å². The summed E-state index contributed by atoms with van der Waals surface area (Å²) in [5, 5.41) is 2.79. The first-order chi connectivity index (χ1) is 8.99. The lowest BCUT2D eigenvalue weighted by Crippen LogP contribution is -2.53. The molecule has 1 unspecified atom stereocenters. The fraction of sp³-hybridized carbons (Fsp3) is 0.385. The van der Waals surface area contributed by atoms with Gasteiger partial charge in [-0.3, -0.25) is 9.69 Å². The molecule has 0 aliphatic carbocycles. The molecule has 1 amide bonds. The second-order valence-corrected chi connectivity index (χ2v) is 5.04. The molecular weight excluding hydrogens is 265 g/mol. The predicted molar refractivity (Wildman–Crippen MR) is 75.2 cm³/mol. The van der Waals surface area contributed by atoms with Gasteiger partial charge in [0.05, 0.1) is 6.04 Å². The van der Waals surface area contributed by atoms with Gasteiger partial charge in [-0.25, -0.2) is 4.39 Å². The lowest BCUT2D eigenvalue weighted by Gasteiger charge is -2.33. The molecule has 0 spiro atoms. The van der Waals surface area contributed by atoms with Gasteiger partial charge in [0, 0.05) is 25.2 Å². The van der Waals surface area contributed by atoms with Crippen molar-refractivity contribution in [3.8, 4) is 0 Å². The maximum Gasteiger partial charge on any atom is 0.237 e. The van der Waals surface area contributed by atoms with Crippen LogP contribution >= 0.6 is 12.2 Å². The van der Waals surface area contributed by atoms with E-state index in [-0.39, 0.29) is 22.8 Å². The van der Waals surface area contributed by atoms with Crippen molar-refractivity contribution < 1.29 is 9.18 Å². The molecule has 1 saturated heterocycles. The van der Waals surface area contributed by atoms with Crippen LogP contribution in [0.5, 0.6) is 0 Å². The third-order valence-corrected chi connectivity index (χ3v) is 3.55. The number of hydrogen-bond donors (Lipinski definition) is 2. The molecule has 0 aromatic heterocycles. The minimum absolute atomic E-state index is 0.0143. The van der Waals surface area contributed by atoms with Crippen LogP contribution in [-0.4, -0.2) is 34.9 Å². The molecule has 1 atom stereocenters. The number of benzene rings is 1. The number of nitrogens with one attached hydrogen (secondary N) is 1. The first-order valence-corrected chi connectivity index (χ1v) is 6.50. The molecule has 2 rings (SSSR count). The van der Waals surface area contributed by atoms with E-state index in [1.54, 1.807) is 6.07 Å². The first kappa shape index (κ1) is 13.9. The standard InChI is InChI=1S/C13H16FN3OS/c1-8-13(18)16-4-5-17(8)7-9-6-10(14)2-3-11(9)12(15)19/h2-3,6,8H,4-5,7H2,1H3,(H2,15,19)(H,16,18). The predicted octanol–water partition coefficient (Wildman–Crippen LogP) is 0.780. The third-order valence-electron chi connectivity index (χ3n) is 3.33. The van der Waals surface area contributed by atoms with E-state index in [4.69, 9.17) is 18.0 Å². The van der Waals surface area contributed by atoms with Gasteiger partial charge in [0.25, 0.3) is 0 Å². The molecule has 4 nitrogen and oxygen atoms in total. The van der Waals surface area contributed by atoms with Gasteiger partial charge in [0.1, 0.15) is 10.8 Å². The van der Waals surface area contributed by atoms with Crippen LogP contribution in [0.2, 0.25) is 0 Å². The molecule has 1 heterocycles. The number of thiocarbonyl (C=S) groups is 1. The fourth-order valence-corrected chi connectivity index (χ4v) is 2.40. The van der Waals surface area contributed by atoms with Gasteiger partial charge >= 0.3 is 0 Å². The molecule has 0 radical (unpaired) electrons. The molecule has 1 fully saturated rings. The lowest BCUT2D eigenvalue weighted by atomic mass is 10.1. The number of halogens is 1. The van der Waals surface area contributed by atoms with Gasteiger partial charge < -0.3 is 11.1 Å². The molecule has 3 N–H and O–H groups in total. The number of nitrogens with zero attached hydrogens (tertiary/aromatic N) is 1. The van der Waals surface area contributed by atoms with Crippen molar-refractivity contribution in [2.45, 2.75) is 19.5 Å². The zero-order valence-electron chi connectivity index (χ0n) is 10.6. The SMILES string of the molecule is CC1C(=O)NCCN1Cc1cc(F)ccc1C(N)=S. The maximum atomic E-state index is 13.4. The summed E-state index contributed by atoms with van der Waals surface area (Å²) in [4.78, 5) is 13.8. The van der Waals surface area contributed by atoms with Crippen LogP contribution in [0.4, 0.5) is 4.39 Å². The Balaban J connectivity index is 2.24.